The molecule has 1 amide bonds. The summed E-state index contributed by atoms with van der Waals surface area (Å²) in [6.07, 6.45) is 4.95. The van der Waals surface area contributed by atoms with Gasteiger partial charge in [-0.1, -0.05) is 6.07 Å². The molecule has 2 aliphatic heterocycles. The van der Waals surface area contributed by atoms with Crippen LogP contribution in [0.1, 0.15) is 37.6 Å². The smallest absolute Gasteiger partial charge is 0.256 e. The van der Waals surface area contributed by atoms with E-state index in [9.17, 15) is 9.18 Å². The average molecular weight is 511 g/mol. The third kappa shape index (κ3) is 5.24. The predicted octanol–water partition coefficient (Wildman–Crippen LogP) is 1.21. The van der Waals surface area contributed by atoms with E-state index in [0.29, 0.717) is 30.9 Å². The second-order valence-electron chi connectivity index (χ2n) is 9.62. The van der Waals surface area contributed by atoms with Gasteiger partial charge in [0.2, 0.25) is 5.95 Å². The molecule has 2 saturated heterocycles. The number of hydrogen-bond donors (Lipinski definition) is 4. The number of nitrogens with zero attached hydrogens (tertiary/aromatic N) is 6. The van der Waals surface area contributed by atoms with Crippen LogP contribution >= 0.6 is 0 Å². The van der Waals surface area contributed by atoms with Crippen molar-refractivity contribution < 1.29 is 13.9 Å². The summed E-state index contributed by atoms with van der Waals surface area (Å²) in [6.45, 7) is 6.61. The van der Waals surface area contributed by atoms with Crippen molar-refractivity contribution in [2.45, 2.75) is 51.0 Å². The molecule has 2 aliphatic rings. The minimum atomic E-state index is -0.993. The first-order valence-corrected chi connectivity index (χ1v) is 12.2. The zero-order valence-electron chi connectivity index (χ0n) is 21.2. The normalized spacial score (nSPS) is 21.4. The van der Waals surface area contributed by atoms with Crippen LogP contribution in [0.25, 0.3) is 5.82 Å². The summed E-state index contributed by atoms with van der Waals surface area (Å²) in [4.78, 5) is 28.7. The lowest BCUT2D eigenvalue weighted by Gasteiger charge is -2.48. The average Bonchev–Trinajstić information content (AvgIpc) is 3.46. The quantitative estimate of drug-likeness (QED) is 0.350. The van der Waals surface area contributed by atoms with Crippen LogP contribution in [0.5, 0.6) is 0 Å². The molecule has 2 fully saturated rings. The van der Waals surface area contributed by atoms with Gasteiger partial charge in [0.1, 0.15) is 5.82 Å². The molecular formula is C24H31FN10O2. The van der Waals surface area contributed by atoms with Crippen LogP contribution in [0.15, 0.2) is 36.8 Å². The maximum atomic E-state index is 13.2. The van der Waals surface area contributed by atoms with Gasteiger partial charge in [0, 0.05) is 31.1 Å². The van der Waals surface area contributed by atoms with Gasteiger partial charge in [-0.15, -0.1) is 0 Å². The lowest BCUT2D eigenvalue weighted by molar-refractivity contribution is -0.147. The van der Waals surface area contributed by atoms with Crippen LogP contribution in [-0.4, -0.2) is 68.6 Å². The minimum absolute atomic E-state index is 0.0376. The van der Waals surface area contributed by atoms with Gasteiger partial charge in [-0.05, 0) is 38.8 Å². The Hall–Kier alpha value is -3.68. The van der Waals surface area contributed by atoms with Gasteiger partial charge in [-0.2, -0.15) is 10.1 Å². The van der Waals surface area contributed by atoms with E-state index in [0.717, 1.165) is 29.7 Å². The molecule has 5 rings (SSSR count). The van der Waals surface area contributed by atoms with Crippen LogP contribution < -0.4 is 26.4 Å². The lowest BCUT2D eigenvalue weighted by atomic mass is 9.92. The van der Waals surface area contributed by atoms with E-state index in [1.54, 1.807) is 19.4 Å². The number of carbonyl (C=O) groups excluding carboxylic acids is 1. The third-order valence-electron chi connectivity index (χ3n) is 6.66. The molecular weight excluding hydrogens is 479 g/mol. The number of rotatable bonds is 8. The van der Waals surface area contributed by atoms with Gasteiger partial charge in [0.25, 0.3) is 5.91 Å². The van der Waals surface area contributed by atoms with E-state index in [1.165, 1.54) is 10.9 Å². The van der Waals surface area contributed by atoms with E-state index in [-0.39, 0.29) is 18.1 Å². The first kappa shape index (κ1) is 25.0. The Morgan fingerprint density at radius 2 is 2.05 bits per heavy atom. The Balaban J connectivity index is 1.21. The fourth-order valence-electron chi connectivity index (χ4n) is 4.47. The SMILES string of the molecule is COC1(C(=O)N[C@@H](C)c2ccc(-n3cc(F)cn3)nc2)CN(c2cc(C)nc(NC3CC(C)NN3)n2)C1. The van der Waals surface area contributed by atoms with Crippen molar-refractivity contribution in [2.24, 2.45) is 0 Å². The summed E-state index contributed by atoms with van der Waals surface area (Å²) in [6, 6.07) is 5.49. The zero-order valence-corrected chi connectivity index (χ0v) is 21.2. The number of ether oxygens (including phenoxy) is 1. The van der Waals surface area contributed by atoms with Gasteiger partial charge in [0.15, 0.2) is 17.2 Å². The number of pyridine rings is 1. The maximum Gasteiger partial charge on any atom is 0.256 e. The lowest BCUT2D eigenvalue weighted by Crippen LogP contribution is -2.70. The number of carbonyl (C=O) groups is 1. The van der Waals surface area contributed by atoms with Gasteiger partial charge in [0.05, 0.1) is 37.7 Å². The number of anilines is 2. The Kier molecular flexibility index (Phi) is 6.75. The molecule has 0 saturated carbocycles. The number of aromatic nitrogens is 5. The molecule has 37 heavy (non-hydrogen) atoms. The van der Waals surface area contributed by atoms with Gasteiger partial charge in [-0.25, -0.2) is 24.5 Å². The highest BCUT2D eigenvalue weighted by Gasteiger charge is 2.51. The topological polar surface area (TPSA) is 134 Å². The van der Waals surface area contributed by atoms with Crippen molar-refractivity contribution >= 4 is 17.7 Å². The zero-order chi connectivity index (χ0) is 26.2. The summed E-state index contributed by atoms with van der Waals surface area (Å²) in [5, 5.41) is 10.2. The fraction of sp³-hybridized carbons (Fsp3) is 0.458. The molecule has 0 bridgehead atoms. The Bertz CT molecular complexity index is 1260. The highest BCUT2D eigenvalue weighted by Crippen LogP contribution is 2.31. The summed E-state index contributed by atoms with van der Waals surface area (Å²) < 4.78 is 20.3. The van der Waals surface area contributed by atoms with Crippen molar-refractivity contribution in [3.05, 3.63) is 53.9 Å². The highest BCUT2D eigenvalue weighted by atomic mass is 19.1. The molecule has 5 heterocycles. The van der Waals surface area contributed by atoms with Crippen LogP contribution in [0, 0.1) is 12.7 Å². The number of amides is 1. The van der Waals surface area contributed by atoms with Crippen molar-refractivity contribution in [3.63, 3.8) is 0 Å². The first-order valence-electron chi connectivity index (χ1n) is 12.2. The van der Waals surface area contributed by atoms with E-state index in [4.69, 9.17) is 4.74 Å². The summed E-state index contributed by atoms with van der Waals surface area (Å²) in [7, 11) is 1.54. The van der Waals surface area contributed by atoms with Crippen LogP contribution in [-0.2, 0) is 9.53 Å². The summed E-state index contributed by atoms with van der Waals surface area (Å²) in [5.41, 5.74) is 6.99. The van der Waals surface area contributed by atoms with Crippen LogP contribution in [0.4, 0.5) is 16.2 Å². The van der Waals surface area contributed by atoms with E-state index in [2.05, 4.69) is 48.5 Å². The largest absolute Gasteiger partial charge is 0.365 e. The van der Waals surface area contributed by atoms with Crippen LogP contribution in [0.2, 0.25) is 0 Å². The highest BCUT2D eigenvalue weighted by molar-refractivity contribution is 5.89. The molecule has 2 unspecified atom stereocenters. The molecule has 0 spiro atoms. The van der Waals surface area contributed by atoms with Gasteiger partial charge >= 0.3 is 0 Å². The summed E-state index contributed by atoms with van der Waals surface area (Å²) in [5.74, 6) is 1.10. The van der Waals surface area contributed by atoms with Crippen LogP contribution in [0.3, 0.4) is 0 Å². The monoisotopic (exact) mass is 510 g/mol. The number of aryl methyl sites for hydroxylation is 1. The Morgan fingerprint density at radius 3 is 2.68 bits per heavy atom. The molecule has 196 valence electrons. The standard InChI is InChI=1S/C24H31FN10O2/c1-14-8-21(31-23(28-14)30-19-7-15(2)32-33-19)34-12-24(13-34,37-4)22(36)29-16(3)17-5-6-20(26-9-17)35-11-18(25)10-27-35/h5-6,8-11,15-16,19,32-33H,7,12-13H2,1-4H3,(H,29,36)(H,28,30,31)/t15?,16-,19?/m0/s1. The van der Waals surface area contributed by atoms with Crippen molar-refractivity contribution in [2.75, 3.05) is 30.4 Å². The predicted molar refractivity (Wildman–Crippen MR) is 134 cm³/mol. The molecule has 3 aromatic rings. The molecule has 0 radical (unpaired) electrons. The number of halogens is 1. The molecule has 4 N–H and O–H groups in total. The minimum Gasteiger partial charge on any atom is -0.365 e. The van der Waals surface area contributed by atoms with Gasteiger partial charge in [-0.3, -0.25) is 10.2 Å². The molecule has 3 aromatic heterocycles. The van der Waals surface area contributed by atoms with Crippen molar-refractivity contribution in [1.29, 1.82) is 0 Å². The second kappa shape index (κ2) is 10.00. The second-order valence-corrected chi connectivity index (χ2v) is 9.62. The number of methoxy groups -OCH3 is 1. The molecule has 3 atom stereocenters. The first-order chi connectivity index (χ1) is 17.7. The molecule has 0 aromatic carbocycles. The Morgan fingerprint density at radius 1 is 1.24 bits per heavy atom. The molecule has 12 nitrogen and oxygen atoms in total. The van der Waals surface area contributed by atoms with Gasteiger partial charge < -0.3 is 20.3 Å². The number of hydrogen-bond acceptors (Lipinski definition) is 10. The maximum absolute atomic E-state index is 13.2. The number of hydrazine groups is 1. The fourth-order valence-corrected chi connectivity index (χ4v) is 4.47. The van der Waals surface area contributed by atoms with Crippen molar-refractivity contribution in [3.8, 4) is 5.82 Å². The molecule has 0 aliphatic carbocycles. The number of nitrogens with one attached hydrogen (secondary N) is 4. The van der Waals surface area contributed by atoms with E-state index < -0.39 is 11.4 Å². The molecule has 13 heteroatoms. The summed E-state index contributed by atoms with van der Waals surface area (Å²) >= 11 is 0. The van der Waals surface area contributed by atoms with E-state index in [1.807, 2.05) is 30.9 Å². The third-order valence-corrected chi connectivity index (χ3v) is 6.66. The van der Waals surface area contributed by atoms with E-state index >= 15 is 0 Å². The van der Waals surface area contributed by atoms with Crippen molar-refractivity contribution in [1.82, 2.24) is 40.9 Å². The Labute approximate surface area is 214 Å².